The zero-order valence-electron chi connectivity index (χ0n) is 6.55. The second kappa shape index (κ2) is 1.63. The Balaban J connectivity index is 2.35. The van der Waals surface area contributed by atoms with E-state index in [1.165, 1.54) is 6.42 Å². The molecule has 2 saturated carbocycles. The van der Waals surface area contributed by atoms with E-state index in [2.05, 4.69) is 20.3 Å². The first-order chi connectivity index (χ1) is 4.62. The van der Waals surface area contributed by atoms with Crippen molar-refractivity contribution in [3.63, 3.8) is 0 Å². The third kappa shape index (κ3) is 0.561. The smallest absolute Gasteiger partial charge is 0.137 e. The van der Waals surface area contributed by atoms with Gasteiger partial charge < -0.3 is 0 Å². The summed E-state index contributed by atoms with van der Waals surface area (Å²) < 4.78 is 0. The molecule has 0 amide bonds. The molecule has 55 valence electrons. The molecule has 2 rings (SSSR count). The molecule has 1 heteroatoms. The van der Waals surface area contributed by atoms with Gasteiger partial charge in [-0.1, -0.05) is 13.8 Å². The van der Waals surface area contributed by atoms with Crippen LogP contribution in [0.4, 0.5) is 0 Å². The molecule has 0 heterocycles. The van der Waals surface area contributed by atoms with Crippen LogP contribution in [0, 0.1) is 23.7 Å². The van der Waals surface area contributed by atoms with Crippen LogP contribution in [-0.4, -0.2) is 5.78 Å². The van der Waals surface area contributed by atoms with Crippen LogP contribution in [0.1, 0.15) is 26.7 Å². The average molecular weight is 137 g/mol. The van der Waals surface area contributed by atoms with Gasteiger partial charge in [-0.2, -0.15) is 0 Å². The minimum absolute atomic E-state index is 0.289. The number of carbonyl (C=O) groups excluding carboxylic acids is 1. The Kier molecular flexibility index (Phi) is 1.04. The topological polar surface area (TPSA) is 17.1 Å². The number of fused-ring (bicyclic) bond motifs is 2. The molecule has 0 aromatic rings. The second-order valence-electron chi connectivity index (χ2n) is 4.14. The van der Waals surface area contributed by atoms with Crippen LogP contribution in [0.25, 0.3) is 0 Å². The fraction of sp³-hybridized carbons (Fsp3) is 0.778. The van der Waals surface area contributed by atoms with E-state index in [9.17, 15) is 4.79 Å². The van der Waals surface area contributed by atoms with Crippen LogP contribution in [0.3, 0.4) is 0 Å². The molecule has 1 nitrogen and oxygen atoms in total. The minimum Gasteiger partial charge on any atom is -0.299 e. The largest absolute Gasteiger partial charge is 0.299 e. The summed E-state index contributed by atoms with van der Waals surface area (Å²) in [7, 11) is 0. The van der Waals surface area contributed by atoms with E-state index in [4.69, 9.17) is 0 Å². The first-order valence-electron chi connectivity index (χ1n) is 3.98. The Labute approximate surface area is 61.8 Å². The maximum absolute atomic E-state index is 11.2. The molecule has 0 aromatic heterocycles. The molecule has 2 unspecified atom stereocenters. The van der Waals surface area contributed by atoms with E-state index < -0.39 is 0 Å². The van der Waals surface area contributed by atoms with Gasteiger partial charge in [-0.25, -0.2) is 0 Å². The molecule has 2 aliphatic carbocycles. The molecule has 2 bridgehead atoms. The molecule has 2 atom stereocenters. The van der Waals surface area contributed by atoms with Gasteiger partial charge in [-0.15, -0.1) is 0 Å². The van der Waals surface area contributed by atoms with E-state index in [0.29, 0.717) is 11.7 Å². The van der Waals surface area contributed by atoms with E-state index in [1.54, 1.807) is 0 Å². The van der Waals surface area contributed by atoms with Gasteiger partial charge >= 0.3 is 0 Å². The minimum atomic E-state index is 0.289. The summed E-state index contributed by atoms with van der Waals surface area (Å²) in [5, 5.41) is 0. The summed E-state index contributed by atoms with van der Waals surface area (Å²) in [5.41, 5.74) is 0.289. The van der Waals surface area contributed by atoms with Gasteiger partial charge in [0, 0.05) is 12.3 Å². The van der Waals surface area contributed by atoms with Gasteiger partial charge in [-0.05, 0) is 24.2 Å². The average Bonchev–Trinajstić information content (AvgIpc) is 2.20. The predicted molar refractivity (Wildman–Crippen MR) is 39.3 cm³/mol. The quantitative estimate of drug-likeness (QED) is 0.497. The van der Waals surface area contributed by atoms with Crippen molar-refractivity contribution in [3.8, 4) is 0 Å². The maximum Gasteiger partial charge on any atom is 0.137 e. The SMILES string of the molecule is CC1(C)C2C[CH]C1C(=O)C2. The van der Waals surface area contributed by atoms with Crippen molar-refractivity contribution >= 4 is 5.78 Å². The number of hydrogen-bond acceptors (Lipinski definition) is 1. The van der Waals surface area contributed by atoms with E-state index in [0.717, 1.165) is 6.42 Å². The summed E-state index contributed by atoms with van der Waals surface area (Å²) >= 11 is 0. The fourth-order valence-corrected chi connectivity index (χ4v) is 2.42. The highest BCUT2D eigenvalue weighted by Crippen LogP contribution is 2.54. The third-order valence-electron chi connectivity index (χ3n) is 3.30. The first kappa shape index (κ1) is 6.38. The van der Waals surface area contributed by atoms with Crippen molar-refractivity contribution in [2.75, 3.05) is 0 Å². The van der Waals surface area contributed by atoms with E-state index in [-0.39, 0.29) is 11.3 Å². The van der Waals surface area contributed by atoms with Crippen LogP contribution in [0.5, 0.6) is 0 Å². The van der Waals surface area contributed by atoms with Crippen LogP contribution >= 0.6 is 0 Å². The number of rotatable bonds is 0. The van der Waals surface area contributed by atoms with Crippen molar-refractivity contribution in [1.29, 1.82) is 0 Å². The highest BCUT2D eigenvalue weighted by atomic mass is 16.1. The monoisotopic (exact) mass is 137 g/mol. The van der Waals surface area contributed by atoms with Gasteiger partial charge in [0.25, 0.3) is 0 Å². The molecule has 0 saturated heterocycles. The highest BCUT2D eigenvalue weighted by molar-refractivity contribution is 5.87. The van der Waals surface area contributed by atoms with E-state index >= 15 is 0 Å². The molecule has 0 N–H and O–H groups in total. The molecule has 1 radical (unpaired) electrons. The standard InChI is InChI=1S/C9H13O/c1-9(2)6-3-4-7(9)8(10)5-6/h4,6-7H,3,5H2,1-2H3. The highest BCUT2D eigenvalue weighted by Gasteiger charge is 2.52. The fourth-order valence-electron chi connectivity index (χ4n) is 2.42. The molecular formula is C9H13O. The Bertz CT molecular complexity index is 181. The summed E-state index contributed by atoms with van der Waals surface area (Å²) in [5.74, 6) is 1.42. The summed E-state index contributed by atoms with van der Waals surface area (Å²) in [6.45, 7) is 4.44. The number of Topliss-reactive ketones (excluding diaryl/α,β-unsaturated/α-hetero) is 1. The Morgan fingerprint density at radius 2 is 2.30 bits per heavy atom. The van der Waals surface area contributed by atoms with Crippen molar-refractivity contribution in [3.05, 3.63) is 6.42 Å². The molecule has 0 aliphatic heterocycles. The number of hydrogen-bond donors (Lipinski definition) is 0. The van der Waals surface area contributed by atoms with Crippen molar-refractivity contribution < 1.29 is 4.79 Å². The maximum atomic E-state index is 11.2. The van der Waals surface area contributed by atoms with Gasteiger partial charge in [0.2, 0.25) is 0 Å². The second-order valence-corrected chi connectivity index (χ2v) is 4.14. The molecule has 0 spiro atoms. The molecule has 0 aromatic carbocycles. The van der Waals surface area contributed by atoms with Crippen LogP contribution in [-0.2, 0) is 4.79 Å². The molecule has 10 heavy (non-hydrogen) atoms. The lowest BCUT2D eigenvalue weighted by atomic mass is 9.82. The summed E-state index contributed by atoms with van der Waals surface area (Å²) in [6.07, 6.45) is 4.22. The lowest BCUT2D eigenvalue weighted by Gasteiger charge is -2.21. The Morgan fingerprint density at radius 1 is 1.60 bits per heavy atom. The lowest BCUT2D eigenvalue weighted by Crippen LogP contribution is -2.19. The van der Waals surface area contributed by atoms with Crippen LogP contribution in [0.15, 0.2) is 0 Å². The van der Waals surface area contributed by atoms with Gasteiger partial charge in [0.1, 0.15) is 5.78 Å². The molecule has 2 fully saturated rings. The van der Waals surface area contributed by atoms with Crippen molar-refractivity contribution in [2.45, 2.75) is 26.7 Å². The zero-order valence-corrected chi connectivity index (χ0v) is 6.55. The first-order valence-corrected chi connectivity index (χ1v) is 3.98. The lowest BCUT2D eigenvalue weighted by molar-refractivity contribution is -0.121. The normalized spacial score (nSPS) is 42.8. The van der Waals surface area contributed by atoms with Crippen molar-refractivity contribution in [2.24, 2.45) is 17.3 Å². The van der Waals surface area contributed by atoms with Crippen LogP contribution < -0.4 is 0 Å². The predicted octanol–water partition coefficient (Wildman–Crippen LogP) is 1.83. The van der Waals surface area contributed by atoms with Crippen molar-refractivity contribution in [1.82, 2.24) is 0 Å². The number of ketones is 1. The summed E-state index contributed by atoms with van der Waals surface area (Å²) in [4.78, 5) is 11.2. The van der Waals surface area contributed by atoms with Gasteiger partial charge in [-0.3, -0.25) is 4.79 Å². The Hall–Kier alpha value is -0.330. The van der Waals surface area contributed by atoms with Gasteiger partial charge in [0.05, 0.1) is 0 Å². The third-order valence-corrected chi connectivity index (χ3v) is 3.30. The number of carbonyl (C=O) groups is 1. The molecular weight excluding hydrogens is 124 g/mol. The zero-order chi connectivity index (χ0) is 7.35. The van der Waals surface area contributed by atoms with Gasteiger partial charge in [0.15, 0.2) is 0 Å². The molecule has 2 aliphatic rings. The summed E-state index contributed by atoms with van der Waals surface area (Å²) in [6, 6.07) is 0. The van der Waals surface area contributed by atoms with Crippen LogP contribution in [0.2, 0.25) is 0 Å². The Morgan fingerprint density at radius 3 is 2.50 bits per heavy atom. The van der Waals surface area contributed by atoms with E-state index in [1.807, 2.05) is 0 Å².